The second-order valence-corrected chi connectivity index (χ2v) is 10.9. The molecule has 1 unspecified atom stereocenters. The van der Waals surface area contributed by atoms with Crippen LogP contribution in [0.25, 0.3) is 11.0 Å². The van der Waals surface area contributed by atoms with E-state index in [-0.39, 0.29) is 16.8 Å². The molecule has 0 N–H and O–H groups in total. The number of amides is 1. The molecule has 3 aromatic carbocycles. The summed E-state index contributed by atoms with van der Waals surface area (Å²) in [6.07, 6.45) is 0.909. The summed E-state index contributed by atoms with van der Waals surface area (Å²) in [5.41, 5.74) is 1.62. The maximum atomic E-state index is 13.9. The SMILES string of the molecule is CCOc1cc(C2c3c(oc4ccc(Cl)cc4c3=O)C(=O)N2c2ccc(Br)cc2)ccc1OCCC(C)C. The van der Waals surface area contributed by atoms with Crippen molar-refractivity contribution >= 4 is 50.1 Å². The molecule has 0 fully saturated rings. The van der Waals surface area contributed by atoms with Gasteiger partial charge in [-0.3, -0.25) is 14.5 Å². The molecular weight excluding hydrogens is 570 g/mol. The predicted octanol–water partition coefficient (Wildman–Crippen LogP) is 7.78. The number of carbonyl (C=O) groups is 1. The standard InChI is InChI=1S/C30H27BrClNO5/c1-4-36-25-15-18(5-11-24(25)37-14-13-17(2)3)27-26-28(34)22-16-20(32)8-12-23(22)38-29(26)30(35)33(27)21-9-6-19(31)7-10-21/h5-12,15-17,27H,4,13-14H2,1-3H3. The van der Waals surface area contributed by atoms with E-state index in [1.54, 1.807) is 23.1 Å². The molecule has 1 atom stereocenters. The highest BCUT2D eigenvalue weighted by atomic mass is 79.9. The van der Waals surface area contributed by atoms with E-state index in [2.05, 4.69) is 29.8 Å². The van der Waals surface area contributed by atoms with Crippen molar-refractivity contribution in [1.29, 1.82) is 0 Å². The summed E-state index contributed by atoms with van der Waals surface area (Å²) in [6.45, 7) is 7.18. The van der Waals surface area contributed by atoms with Crippen LogP contribution in [-0.4, -0.2) is 19.1 Å². The molecule has 0 aliphatic carbocycles. The second kappa shape index (κ2) is 10.8. The highest BCUT2D eigenvalue weighted by Gasteiger charge is 2.44. The van der Waals surface area contributed by atoms with Crippen LogP contribution in [0.3, 0.4) is 0 Å². The zero-order chi connectivity index (χ0) is 27.0. The first-order valence-electron chi connectivity index (χ1n) is 12.5. The number of fused-ring (bicyclic) bond motifs is 2. The third-order valence-corrected chi connectivity index (χ3v) is 7.24. The van der Waals surface area contributed by atoms with Crippen molar-refractivity contribution in [3.63, 3.8) is 0 Å². The molecule has 8 heteroatoms. The van der Waals surface area contributed by atoms with Crippen LogP contribution in [-0.2, 0) is 0 Å². The van der Waals surface area contributed by atoms with E-state index >= 15 is 0 Å². The third-order valence-electron chi connectivity index (χ3n) is 6.47. The Bertz CT molecular complexity index is 1560. The van der Waals surface area contributed by atoms with E-state index in [1.165, 1.54) is 0 Å². The number of benzene rings is 3. The fraction of sp³-hybridized carbons (Fsp3) is 0.267. The molecule has 2 heterocycles. The summed E-state index contributed by atoms with van der Waals surface area (Å²) in [5.74, 6) is 1.31. The van der Waals surface area contributed by atoms with Gasteiger partial charge in [-0.1, -0.05) is 47.4 Å². The quantitative estimate of drug-likeness (QED) is 0.208. The van der Waals surface area contributed by atoms with Crippen molar-refractivity contribution in [2.24, 2.45) is 5.92 Å². The van der Waals surface area contributed by atoms with Gasteiger partial charge in [-0.25, -0.2) is 0 Å². The second-order valence-electron chi connectivity index (χ2n) is 9.54. The van der Waals surface area contributed by atoms with Crippen LogP contribution >= 0.6 is 27.5 Å². The molecule has 1 aromatic heterocycles. The topological polar surface area (TPSA) is 69.0 Å². The number of anilines is 1. The molecule has 0 bridgehead atoms. The van der Waals surface area contributed by atoms with E-state index in [1.807, 2.05) is 49.4 Å². The van der Waals surface area contributed by atoms with E-state index in [9.17, 15) is 9.59 Å². The van der Waals surface area contributed by atoms with Gasteiger partial charge in [-0.2, -0.15) is 0 Å². The highest BCUT2D eigenvalue weighted by Crippen LogP contribution is 2.43. The molecule has 4 aromatic rings. The normalized spacial score (nSPS) is 14.8. The average molecular weight is 597 g/mol. The number of hydrogen-bond donors (Lipinski definition) is 0. The van der Waals surface area contributed by atoms with Gasteiger partial charge in [-0.05, 0) is 79.4 Å². The molecule has 0 radical (unpaired) electrons. The van der Waals surface area contributed by atoms with Crippen LogP contribution in [0.2, 0.25) is 5.02 Å². The Morgan fingerprint density at radius 1 is 1.00 bits per heavy atom. The van der Waals surface area contributed by atoms with Crippen molar-refractivity contribution in [3.8, 4) is 11.5 Å². The monoisotopic (exact) mass is 595 g/mol. The number of nitrogens with zero attached hydrogens (tertiary/aromatic N) is 1. The van der Waals surface area contributed by atoms with Gasteiger partial charge < -0.3 is 13.9 Å². The van der Waals surface area contributed by atoms with Crippen molar-refractivity contribution in [1.82, 2.24) is 0 Å². The largest absolute Gasteiger partial charge is 0.490 e. The Kier molecular flexibility index (Phi) is 7.50. The Labute approximate surface area is 234 Å². The summed E-state index contributed by atoms with van der Waals surface area (Å²) >= 11 is 9.66. The lowest BCUT2D eigenvalue weighted by Gasteiger charge is -2.26. The summed E-state index contributed by atoms with van der Waals surface area (Å²) in [6, 6.07) is 17.0. The van der Waals surface area contributed by atoms with Gasteiger partial charge in [0.25, 0.3) is 5.91 Å². The minimum atomic E-state index is -0.734. The summed E-state index contributed by atoms with van der Waals surface area (Å²) in [7, 11) is 0. The van der Waals surface area contributed by atoms with Gasteiger partial charge in [0.05, 0.1) is 30.2 Å². The molecule has 0 saturated heterocycles. The summed E-state index contributed by atoms with van der Waals surface area (Å²) in [4.78, 5) is 29.3. The van der Waals surface area contributed by atoms with Crippen LogP contribution < -0.4 is 19.8 Å². The first kappa shape index (κ1) is 26.3. The summed E-state index contributed by atoms with van der Waals surface area (Å²) in [5, 5.41) is 0.738. The van der Waals surface area contributed by atoms with E-state index in [0.29, 0.717) is 57.9 Å². The zero-order valence-electron chi connectivity index (χ0n) is 21.3. The average Bonchev–Trinajstić information content (AvgIpc) is 3.18. The molecule has 5 rings (SSSR count). The van der Waals surface area contributed by atoms with Gasteiger partial charge >= 0.3 is 0 Å². The van der Waals surface area contributed by atoms with Crippen LogP contribution in [0.1, 0.15) is 54.9 Å². The van der Waals surface area contributed by atoms with Gasteiger partial charge in [0.2, 0.25) is 5.76 Å². The fourth-order valence-corrected chi connectivity index (χ4v) is 5.05. The van der Waals surface area contributed by atoms with Crippen LogP contribution in [0.5, 0.6) is 11.5 Å². The Morgan fingerprint density at radius 3 is 2.47 bits per heavy atom. The lowest BCUT2D eigenvalue weighted by Crippen LogP contribution is -2.29. The van der Waals surface area contributed by atoms with Gasteiger partial charge in [-0.15, -0.1) is 0 Å². The van der Waals surface area contributed by atoms with Crippen molar-refractivity contribution < 1.29 is 18.7 Å². The van der Waals surface area contributed by atoms with Crippen molar-refractivity contribution in [2.75, 3.05) is 18.1 Å². The molecule has 6 nitrogen and oxygen atoms in total. The van der Waals surface area contributed by atoms with Crippen LogP contribution in [0.4, 0.5) is 5.69 Å². The number of hydrogen-bond acceptors (Lipinski definition) is 5. The first-order valence-corrected chi connectivity index (χ1v) is 13.7. The lowest BCUT2D eigenvalue weighted by atomic mass is 9.97. The lowest BCUT2D eigenvalue weighted by molar-refractivity contribution is 0.0971. The van der Waals surface area contributed by atoms with E-state index in [4.69, 9.17) is 25.5 Å². The first-order chi connectivity index (χ1) is 18.3. The number of ether oxygens (including phenoxy) is 2. The number of halogens is 2. The molecule has 196 valence electrons. The van der Waals surface area contributed by atoms with Gasteiger partial charge in [0.1, 0.15) is 5.58 Å². The maximum absolute atomic E-state index is 13.9. The predicted molar refractivity (Wildman–Crippen MR) is 153 cm³/mol. The van der Waals surface area contributed by atoms with Crippen LogP contribution in [0, 0.1) is 5.92 Å². The smallest absolute Gasteiger partial charge is 0.295 e. The Balaban J connectivity index is 1.69. The van der Waals surface area contributed by atoms with Crippen molar-refractivity contribution in [3.05, 3.63) is 97.3 Å². The molecular formula is C30H27BrClNO5. The van der Waals surface area contributed by atoms with Crippen LogP contribution in [0.15, 0.2) is 74.3 Å². The minimum absolute atomic E-state index is 0.0213. The molecule has 0 saturated carbocycles. The minimum Gasteiger partial charge on any atom is -0.490 e. The van der Waals surface area contributed by atoms with Gasteiger partial charge in [0.15, 0.2) is 16.9 Å². The highest BCUT2D eigenvalue weighted by molar-refractivity contribution is 9.10. The Hall–Kier alpha value is -3.29. The third kappa shape index (κ3) is 4.93. The number of rotatable bonds is 8. The summed E-state index contributed by atoms with van der Waals surface area (Å²) < 4.78 is 18.9. The molecule has 0 spiro atoms. The Morgan fingerprint density at radius 2 is 1.76 bits per heavy atom. The van der Waals surface area contributed by atoms with E-state index in [0.717, 1.165) is 10.9 Å². The zero-order valence-corrected chi connectivity index (χ0v) is 23.6. The van der Waals surface area contributed by atoms with E-state index < -0.39 is 11.9 Å². The molecule has 1 aliphatic rings. The molecule has 1 amide bonds. The molecule has 38 heavy (non-hydrogen) atoms. The molecule has 1 aliphatic heterocycles. The number of carbonyl (C=O) groups excluding carboxylic acids is 1. The van der Waals surface area contributed by atoms with Crippen molar-refractivity contribution in [2.45, 2.75) is 33.2 Å². The fourth-order valence-electron chi connectivity index (χ4n) is 4.62. The van der Waals surface area contributed by atoms with Gasteiger partial charge in [0, 0.05) is 15.2 Å². The maximum Gasteiger partial charge on any atom is 0.295 e.